The van der Waals surface area contributed by atoms with Crippen LogP contribution >= 0.6 is 0 Å². The lowest BCUT2D eigenvalue weighted by atomic mass is 10.1. The molecule has 19 heavy (non-hydrogen) atoms. The molecule has 0 aromatic carbocycles. The first kappa shape index (κ1) is 11.9. The highest BCUT2D eigenvalue weighted by atomic mass is 16.5. The van der Waals surface area contributed by atoms with Gasteiger partial charge >= 0.3 is 0 Å². The third-order valence-corrected chi connectivity index (χ3v) is 3.25. The van der Waals surface area contributed by atoms with Gasteiger partial charge in [0.25, 0.3) is 0 Å². The number of hydrogen-bond acceptors (Lipinski definition) is 5. The smallest absolute Gasteiger partial charge is 0.241 e. The molecule has 0 bridgehead atoms. The van der Waals surface area contributed by atoms with Crippen molar-refractivity contribution in [2.75, 3.05) is 20.2 Å². The van der Waals surface area contributed by atoms with Gasteiger partial charge in [-0.25, -0.2) is 4.98 Å². The van der Waals surface area contributed by atoms with E-state index in [2.05, 4.69) is 25.6 Å². The van der Waals surface area contributed by atoms with Gasteiger partial charge in [-0.15, -0.1) is 0 Å². The summed E-state index contributed by atoms with van der Waals surface area (Å²) in [7, 11) is 1.57. The zero-order chi connectivity index (χ0) is 13.2. The number of carbonyl (C=O) groups excluding carboxylic acids is 1. The molecule has 1 unspecified atom stereocenters. The second kappa shape index (κ2) is 4.85. The number of amides is 1. The number of aromatic nitrogens is 3. The minimum absolute atomic E-state index is 0.0455. The summed E-state index contributed by atoms with van der Waals surface area (Å²) in [6, 6.07) is -0.0455. The number of carbonyl (C=O) groups is 1. The third-order valence-electron chi connectivity index (χ3n) is 3.25. The molecule has 2 aromatic rings. The molecule has 100 valence electrons. The second-order valence-corrected chi connectivity index (χ2v) is 4.41. The highest BCUT2D eigenvalue weighted by Crippen LogP contribution is 2.28. The lowest BCUT2D eigenvalue weighted by Crippen LogP contribution is -2.24. The molecule has 2 aromatic heterocycles. The quantitative estimate of drug-likeness (QED) is 0.714. The van der Waals surface area contributed by atoms with Crippen molar-refractivity contribution in [3.8, 4) is 5.88 Å². The van der Waals surface area contributed by atoms with E-state index < -0.39 is 0 Å². The van der Waals surface area contributed by atoms with Crippen LogP contribution in [0.15, 0.2) is 12.5 Å². The predicted molar refractivity (Wildman–Crippen MR) is 68.8 cm³/mol. The summed E-state index contributed by atoms with van der Waals surface area (Å²) in [6.45, 7) is 1.39. The Morgan fingerprint density at radius 1 is 1.37 bits per heavy atom. The maximum Gasteiger partial charge on any atom is 0.241 e. The number of H-pyrrole nitrogens is 1. The van der Waals surface area contributed by atoms with E-state index in [0.29, 0.717) is 18.8 Å². The van der Waals surface area contributed by atoms with Crippen LogP contribution in [0.1, 0.15) is 18.0 Å². The second-order valence-electron chi connectivity index (χ2n) is 4.41. The zero-order valence-corrected chi connectivity index (χ0v) is 10.6. The average Bonchev–Trinajstić information content (AvgIpc) is 2.74. The zero-order valence-electron chi connectivity index (χ0n) is 10.6. The number of rotatable bonds is 2. The van der Waals surface area contributed by atoms with Crippen LogP contribution in [0.4, 0.5) is 0 Å². The first-order valence-corrected chi connectivity index (χ1v) is 6.15. The highest BCUT2D eigenvalue weighted by molar-refractivity contribution is 5.85. The molecule has 1 saturated heterocycles. The van der Waals surface area contributed by atoms with Crippen LogP contribution in [0.25, 0.3) is 11.0 Å². The maximum atomic E-state index is 11.6. The lowest BCUT2D eigenvalue weighted by Gasteiger charge is -2.13. The number of fused-ring (bicyclic) bond motifs is 1. The maximum absolute atomic E-state index is 11.6. The Bertz CT molecular complexity index is 609. The van der Waals surface area contributed by atoms with Crippen molar-refractivity contribution in [2.24, 2.45) is 0 Å². The number of hydrogen-bond donors (Lipinski definition) is 3. The van der Waals surface area contributed by atoms with Gasteiger partial charge in [0.05, 0.1) is 7.11 Å². The summed E-state index contributed by atoms with van der Waals surface area (Å²) in [5, 5.41) is 6.18. The van der Waals surface area contributed by atoms with E-state index in [1.807, 2.05) is 6.20 Å². The van der Waals surface area contributed by atoms with E-state index in [4.69, 9.17) is 4.74 Å². The van der Waals surface area contributed by atoms with Crippen molar-refractivity contribution < 1.29 is 9.53 Å². The van der Waals surface area contributed by atoms with Crippen molar-refractivity contribution in [1.29, 1.82) is 0 Å². The number of aromatic amines is 1. The normalized spacial score (nSPS) is 20.1. The molecule has 7 heteroatoms. The Balaban J connectivity index is 2.02. The van der Waals surface area contributed by atoms with Crippen molar-refractivity contribution in [3.05, 3.63) is 18.1 Å². The molecule has 0 aliphatic carbocycles. The largest absolute Gasteiger partial charge is 0.479 e. The molecule has 3 rings (SSSR count). The summed E-state index contributed by atoms with van der Waals surface area (Å²) in [6.07, 6.45) is 3.73. The van der Waals surface area contributed by atoms with Crippen molar-refractivity contribution in [1.82, 2.24) is 25.6 Å². The van der Waals surface area contributed by atoms with Gasteiger partial charge < -0.3 is 20.4 Å². The van der Waals surface area contributed by atoms with Crippen molar-refractivity contribution in [3.63, 3.8) is 0 Å². The van der Waals surface area contributed by atoms with Crippen LogP contribution < -0.4 is 15.4 Å². The van der Waals surface area contributed by atoms with Gasteiger partial charge in [-0.05, 0) is 0 Å². The number of nitrogens with one attached hydrogen (secondary N) is 3. The van der Waals surface area contributed by atoms with Gasteiger partial charge in [0.1, 0.15) is 17.4 Å². The van der Waals surface area contributed by atoms with Crippen LogP contribution in [-0.4, -0.2) is 41.1 Å². The average molecular weight is 261 g/mol. The molecule has 1 fully saturated rings. The fourth-order valence-electron chi connectivity index (χ4n) is 2.36. The molecule has 1 aliphatic heterocycles. The number of nitrogens with zero attached hydrogens (tertiary/aromatic N) is 2. The molecule has 0 spiro atoms. The van der Waals surface area contributed by atoms with Gasteiger partial charge in [0, 0.05) is 37.3 Å². The fourth-order valence-corrected chi connectivity index (χ4v) is 2.36. The predicted octanol–water partition coefficient (Wildman–Crippen LogP) is 0.117. The Morgan fingerprint density at radius 2 is 2.26 bits per heavy atom. The number of methoxy groups -OCH3 is 1. The first-order chi connectivity index (χ1) is 9.29. The minimum atomic E-state index is -0.0455. The standard InChI is InChI=1S/C12H15N5O2/c1-19-12-11-10(16-6-17-12)7(5-15-11)8-4-9(18)14-3-2-13-8/h5-6,8,13,15H,2-4H2,1H3,(H,14,18). The van der Waals surface area contributed by atoms with E-state index in [0.717, 1.165) is 23.1 Å². The molecular formula is C12H15N5O2. The van der Waals surface area contributed by atoms with Crippen LogP contribution in [0, 0.1) is 0 Å². The van der Waals surface area contributed by atoms with Gasteiger partial charge in [-0.1, -0.05) is 0 Å². The minimum Gasteiger partial charge on any atom is -0.479 e. The lowest BCUT2D eigenvalue weighted by molar-refractivity contribution is -0.121. The first-order valence-electron chi connectivity index (χ1n) is 6.15. The Kier molecular flexibility index (Phi) is 3.04. The summed E-state index contributed by atoms with van der Waals surface area (Å²) in [5.74, 6) is 0.555. The highest BCUT2D eigenvalue weighted by Gasteiger charge is 2.22. The SMILES string of the molecule is COc1ncnc2c(C3CC(=O)NCCN3)c[nH]c12. The molecule has 0 saturated carbocycles. The summed E-state index contributed by atoms with van der Waals surface area (Å²) >= 11 is 0. The van der Waals surface area contributed by atoms with Gasteiger partial charge in [-0.3, -0.25) is 4.79 Å². The van der Waals surface area contributed by atoms with E-state index in [9.17, 15) is 4.79 Å². The van der Waals surface area contributed by atoms with Crippen LogP contribution in [0.3, 0.4) is 0 Å². The monoisotopic (exact) mass is 261 g/mol. The third kappa shape index (κ3) is 2.12. The van der Waals surface area contributed by atoms with Crippen LogP contribution in [0.5, 0.6) is 5.88 Å². The van der Waals surface area contributed by atoms with E-state index >= 15 is 0 Å². The summed E-state index contributed by atoms with van der Waals surface area (Å²) in [5.41, 5.74) is 2.51. The molecular weight excluding hydrogens is 246 g/mol. The van der Waals surface area contributed by atoms with E-state index in [-0.39, 0.29) is 11.9 Å². The van der Waals surface area contributed by atoms with Gasteiger partial charge in [0.15, 0.2) is 0 Å². The summed E-state index contributed by atoms with van der Waals surface area (Å²) < 4.78 is 5.19. The Morgan fingerprint density at radius 3 is 3.11 bits per heavy atom. The summed E-state index contributed by atoms with van der Waals surface area (Å²) in [4.78, 5) is 23.1. The van der Waals surface area contributed by atoms with Crippen molar-refractivity contribution >= 4 is 16.9 Å². The molecule has 0 radical (unpaired) electrons. The van der Waals surface area contributed by atoms with E-state index in [1.165, 1.54) is 6.33 Å². The van der Waals surface area contributed by atoms with Gasteiger partial charge in [0.2, 0.25) is 11.8 Å². The molecule has 1 aliphatic rings. The van der Waals surface area contributed by atoms with E-state index in [1.54, 1.807) is 7.11 Å². The number of ether oxygens (including phenoxy) is 1. The van der Waals surface area contributed by atoms with Crippen LogP contribution in [-0.2, 0) is 4.79 Å². The van der Waals surface area contributed by atoms with Gasteiger partial charge in [-0.2, -0.15) is 4.98 Å². The molecule has 3 N–H and O–H groups in total. The molecule has 3 heterocycles. The Hall–Kier alpha value is -2.15. The topological polar surface area (TPSA) is 91.9 Å². The molecule has 7 nitrogen and oxygen atoms in total. The Labute approximate surface area is 109 Å². The molecule has 1 atom stereocenters. The van der Waals surface area contributed by atoms with Crippen molar-refractivity contribution in [2.45, 2.75) is 12.5 Å². The fraction of sp³-hybridized carbons (Fsp3) is 0.417. The molecule has 1 amide bonds. The van der Waals surface area contributed by atoms with Crippen LogP contribution in [0.2, 0.25) is 0 Å².